The molecule has 1 N–H and O–H groups in total. The zero-order chi connectivity index (χ0) is 12.2. The molecule has 0 saturated carbocycles. The SMILES string of the molecule is Cc1ccnc(NCC(C)(C)CN(C)C)n1. The van der Waals surface area contributed by atoms with Crippen molar-refractivity contribution in [1.82, 2.24) is 14.9 Å². The predicted octanol–water partition coefficient (Wildman–Crippen LogP) is 1.78. The zero-order valence-electron chi connectivity index (χ0n) is 10.9. The standard InChI is InChI=1S/C12H22N4/c1-10-6-7-13-11(15-10)14-8-12(2,3)9-16(4)5/h6-7H,8-9H2,1-5H3,(H,13,14,15). The molecule has 16 heavy (non-hydrogen) atoms. The van der Waals surface area contributed by atoms with Gasteiger partial charge in [0.15, 0.2) is 0 Å². The summed E-state index contributed by atoms with van der Waals surface area (Å²) in [5.41, 5.74) is 1.19. The van der Waals surface area contributed by atoms with Gasteiger partial charge in [-0.15, -0.1) is 0 Å². The summed E-state index contributed by atoms with van der Waals surface area (Å²) < 4.78 is 0. The number of hydrogen-bond acceptors (Lipinski definition) is 4. The molecule has 0 spiro atoms. The molecule has 0 atom stereocenters. The molecule has 4 nitrogen and oxygen atoms in total. The third-order valence-corrected chi connectivity index (χ3v) is 2.26. The minimum absolute atomic E-state index is 0.205. The summed E-state index contributed by atoms with van der Waals surface area (Å²) in [6, 6.07) is 1.90. The fraction of sp³-hybridized carbons (Fsp3) is 0.667. The van der Waals surface area contributed by atoms with Crippen molar-refractivity contribution in [2.24, 2.45) is 5.41 Å². The molecule has 0 aliphatic heterocycles. The number of nitrogens with one attached hydrogen (secondary N) is 1. The van der Waals surface area contributed by atoms with Gasteiger partial charge in [0.2, 0.25) is 5.95 Å². The van der Waals surface area contributed by atoms with E-state index >= 15 is 0 Å². The van der Waals surface area contributed by atoms with Crippen LogP contribution in [0.2, 0.25) is 0 Å². The lowest BCUT2D eigenvalue weighted by molar-refractivity contribution is 0.254. The fourth-order valence-corrected chi connectivity index (χ4v) is 1.76. The second-order valence-electron chi connectivity index (χ2n) is 5.28. The molecule has 0 saturated heterocycles. The van der Waals surface area contributed by atoms with Crippen molar-refractivity contribution in [3.63, 3.8) is 0 Å². The van der Waals surface area contributed by atoms with E-state index in [0.29, 0.717) is 5.95 Å². The summed E-state index contributed by atoms with van der Waals surface area (Å²) in [4.78, 5) is 10.7. The maximum absolute atomic E-state index is 4.32. The lowest BCUT2D eigenvalue weighted by atomic mass is 9.93. The van der Waals surface area contributed by atoms with Gasteiger partial charge >= 0.3 is 0 Å². The first-order chi connectivity index (χ1) is 7.39. The van der Waals surface area contributed by atoms with Crippen molar-refractivity contribution in [2.45, 2.75) is 20.8 Å². The van der Waals surface area contributed by atoms with Crippen LogP contribution in [0, 0.1) is 12.3 Å². The molecule has 0 aliphatic rings. The third kappa shape index (κ3) is 4.57. The summed E-state index contributed by atoms with van der Waals surface area (Å²) in [7, 11) is 4.18. The quantitative estimate of drug-likeness (QED) is 0.824. The smallest absolute Gasteiger partial charge is 0.222 e. The van der Waals surface area contributed by atoms with E-state index in [0.717, 1.165) is 18.8 Å². The Labute approximate surface area is 98.1 Å². The van der Waals surface area contributed by atoms with E-state index < -0.39 is 0 Å². The van der Waals surface area contributed by atoms with Crippen molar-refractivity contribution in [3.05, 3.63) is 18.0 Å². The van der Waals surface area contributed by atoms with Crippen LogP contribution >= 0.6 is 0 Å². The highest BCUT2D eigenvalue weighted by molar-refractivity contribution is 5.25. The Kier molecular flexibility index (Phi) is 4.24. The van der Waals surface area contributed by atoms with Crippen LogP contribution in [-0.2, 0) is 0 Å². The molecular weight excluding hydrogens is 200 g/mol. The van der Waals surface area contributed by atoms with E-state index in [1.54, 1.807) is 6.20 Å². The van der Waals surface area contributed by atoms with Crippen LogP contribution in [-0.4, -0.2) is 42.1 Å². The van der Waals surface area contributed by atoms with Crippen molar-refractivity contribution >= 4 is 5.95 Å². The Morgan fingerprint density at radius 2 is 2.06 bits per heavy atom. The first kappa shape index (κ1) is 12.9. The van der Waals surface area contributed by atoms with Crippen LogP contribution < -0.4 is 5.32 Å². The van der Waals surface area contributed by atoms with Crippen LogP contribution in [0.25, 0.3) is 0 Å². The van der Waals surface area contributed by atoms with Crippen molar-refractivity contribution < 1.29 is 0 Å². The van der Waals surface area contributed by atoms with Gasteiger partial charge in [-0.05, 0) is 32.5 Å². The lowest BCUT2D eigenvalue weighted by Crippen LogP contribution is -2.34. The third-order valence-electron chi connectivity index (χ3n) is 2.26. The van der Waals surface area contributed by atoms with Crippen LogP contribution in [0.1, 0.15) is 19.5 Å². The molecule has 0 unspecified atom stereocenters. The van der Waals surface area contributed by atoms with E-state index in [1.807, 2.05) is 13.0 Å². The predicted molar refractivity (Wildman–Crippen MR) is 67.6 cm³/mol. The first-order valence-electron chi connectivity index (χ1n) is 5.57. The van der Waals surface area contributed by atoms with Crippen LogP contribution in [0.5, 0.6) is 0 Å². The second-order valence-corrected chi connectivity index (χ2v) is 5.28. The fourth-order valence-electron chi connectivity index (χ4n) is 1.76. The van der Waals surface area contributed by atoms with Crippen LogP contribution in [0.3, 0.4) is 0 Å². The van der Waals surface area contributed by atoms with Crippen LogP contribution in [0.15, 0.2) is 12.3 Å². The highest BCUT2D eigenvalue weighted by Crippen LogP contribution is 2.16. The average Bonchev–Trinajstić information content (AvgIpc) is 2.13. The summed E-state index contributed by atoms with van der Waals surface area (Å²) in [6.45, 7) is 8.34. The molecule has 1 rings (SSSR count). The molecule has 1 aromatic rings. The number of hydrogen-bond donors (Lipinski definition) is 1. The number of nitrogens with zero attached hydrogens (tertiary/aromatic N) is 3. The first-order valence-corrected chi connectivity index (χ1v) is 5.57. The Morgan fingerprint density at radius 3 is 2.62 bits per heavy atom. The van der Waals surface area contributed by atoms with Gasteiger partial charge in [-0.1, -0.05) is 13.8 Å². The molecule has 90 valence electrons. The molecule has 1 aromatic heterocycles. The molecule has 4 heteroatoms. The largest absolute Gasteiger partial charge is 0.354 e. The highest BCUT2D eigenvalue weighted by Gasteiger charge is 2.18. The van der Waals surface area contributed by atoms with E-state index in [1.165, 1.54) is 0 Å². The van der Waals surface area contributed by atoms with Gasteiger partial charge in [-0.25, -0.2) is 9.97 Å². The Morgan fingerprint density at radius 1 is 1.38 bits per heavy atom. The van der Waals surface area contributed by atoms with Crippen molar-refractivity contribution in [1.29, 1.82) is 0 Å². The summed E-state index contributed by atoms with van der Waals surface area (Å²) in [5, 5.41) is 3.28. The van der Waals surface area contributed by atoms with Gasteiger partial charge in [0.25, 0.3) is 0 Å². The average molecular weight is 222 g/mol. The monoisotopic (exact) mass is 222 g/mol. The molecule has 0 amide bonds. The Hall–Kier alpha value is -1.16. The summed E-state index contributed by atoms with van der Waals surface area (Å²) in [5.74, 6) is 0.715. The van der Waals surface area contributed by atoms with Gasteiger partial charge in [-0.2, -0.15) is 0 Å². The van der Waals surface area contributed by atoms with Crippen molar-refractivity contribution in [3.8, 4) is 0 Å². The molecule has 0 aliphatic carbocycles. The Balaban J connectivity index is 2.50. The van der Waals surface area contributed by atoms with Gasteiger partial charge in [0, 0.05) is 25.0 Å². The molecular formula is C12H22N4. The van der Waals surface area contributed by atoms with Crippen molar-refractivity contribution in [2.75, 3.05) is 32.5 Å². The van der Waals surface area contributed by atoms with Gasteiger partial charge in [-0.3, -0.25) is 0 Å². The summed E-state index contributed by atoms with van der Waals surface area (Å²) >= 11 is 0. The lowest BCUT2D eigenvalue weighted by Gasteiger charge is -2.28. The number of anilines is 1. The number of aryl methyl sites for hydroxylation is 1. The molecule has 0 aromatic carbocycles. The van der Waals surface area contributed by atoms with E-state index in [4.69, 9.17) is 0 Å². The topological polar surface area (TPSA) is 41.1 Å². The van der Waals surface area contributed by atoms with E-state index in [-0.39, 0.29) is 5.41 Å². The van der Waals surface area contributed by atoms with E-state index in [9.17, 15) is 0 Å². The molecule has 0 bridgehead atoms. The molecule has 0 fully saturated rings. The van der Waals surface area contributed by atoms with Gasteiger partial charge < -0.3 is 10.2 Å². The zero-order valence-corrected chi connectivity index (χ0v) is 10.9. The maximum Gasteiger partial charge on any atom is 0.222 e. The summed E-state index contributed by atoms with van der Waals surface area (Å²) in [6.07, 6.45) is 1.78. The van der Waals surface area contributed by atoms with E-state index in [2.05, 4.69) is 48.1 Å². The molecule has 0 radical (unpaired) electrons. The van der Waals surface area contributed by atoms with Gasteiger partial charge in [0.05, 0.1) is 0 Å². The normalized spacial score (nSPS) is 11.9. The minimum Gasteiger partial charge on any atom is -0.354 e. The number of rotatable bonds is 5. The number of aromatic nitrogens is 2. The van der Waals surface area contributed by atoms with Gasteiger partial charge in [0.1, 0.15) is 0 Å². The molecule has 1 heterocycles. The second kappa shape index (κ2) is 5.25. The Bertz CT molecular complexity index is 334. The van der Waals surface area contributed by atoms with Crippen LogP contribution in [0.4, 0.5) is 5.95 Å². The highest BCUT2D eigenvalue weighted by atomic mass is 15.1. The minimum atomic E-state index is 0.205. The maximum atomic E-state index is 4.32.